The van der Waals surface area contributed by atoms with Gasteiger partial charge in [-0.2, -0.15) is 26.3 Å². The number of anilines is 4. The first-order valence-corrected chi connectivity index (χ1v) is 17.8. The molecule has 0 spiro atoms. The van der Waals surface area contributed by atoms with E-state index in [0.29, 0.717) is 56.8 Å². The molecule has 0 radical (unpaired) electrons. The van der Waals surface area contributed by atoms with Gasteiger partial charge in [0.25, 0.3) is 0 Å². The van der Waals surface area contributed by atoms with Crippen molar-refractivity contribution in [3.63, 3.8) is 0 Å². The van der Waals surface area contributed by atoms with E-state index >= 15 is 0 Å². The Morgan fingerprint density at radius 1 is 0.839 bits per heavy atom. The summed E-state index contributed by atoms with van der Waals surface area (Å²) in [5.74, 6) is -0.813. The SMILES string of the molecule is NCCCc1cc(NC(=O)Nc2cc(C(F)(F)F)cc(NC(=O)CCCCN=C(N)N)c2O[C@@H]2CCNC2)ccc1Oc1cc(NCCN)cc(C(F)(F)F)c1. The number of rotatable bonds is 18. The molecule has 1 saturated heterocycles. The van der Waals surface area contributed by atoms with Crippen molar-refractivity contribution in [2.45, 2.75) is 57.0 Å². The normalized spacial score (nSPS) is 14.2. The van der Waals surface area contributed by atoms with Crippen molar-refractivity contribution >= 4 is 40.6 Å². The first-order valence-electron chi connectivity index (χ1n) is 17.8. The van der Waals surface area contributed by atoms with Crippen molar-refractivity contribution in [2.75, 3.05) is 60.5 Å². The van der Waals surface area contributed by atoms with Gasteiger partial charge in [-0.05, 0) is 93.2 Å². The predicted molar refractivity (Wildman–Crippen MR) is 202 cm³/mol. The lowest BCUT2D eigenvalue weighted by Gasteiger charge is -2.22. The number of alkyl halides is 6. The van der Waals surface area contributed by atoms with Crippen molar-refractivity contribution in [3.8, 4) is 17.2 Å². The Balaban J connectivity index is 1.61. The highest BCUT2D eigenvalue weighted by atomic mass is 19.4. The Bertz CT molecular complexity index is 1830. The van der Waals surface area contributed by atoms with E-state index in [-0.39, 0.29) is 78.6 Å². The summed E-state index contributed by atoms with van der Waals surface area (Å²) >= 11 is 0. The molecule has 13 N–H and O–H groups in total. The summed E-state index contributed by atoms with van der Waals surface area (Å²) in [7, 11) is 0. The fourth-order valence-corrected chi connectivity index (χ4v) is 5.62. The predicted octanol–water partition coefficient (Wildman–Crippen LogP) is 5.55. The van der Waals surface area contributed by atoms with Crippen LogP contribution in [-0.4, -0.2) is 63.3 Å². The van der Waals surface area contributed by atoms with E-state index in [1.54, 1.807) is 0 Å². The van der Waals surface area contributed by atoms with E-state index in [4.69, 9.17) is 32.4 Å². The first kappa shape index (κ1) is 43.3. The van der Waals surface area contributed by atoms with Gasteiger partial charge in [0.05, 0.1) is 22.5 Å². The molecular formula is C36H46F6N10O4. The standard InChI is InChI=1S/C36H46F6N10O4/c37-35(38,39)22-15-25(48-13-10-44)19-27(16-22)55-30-7-6-24(14-21(30)4-3-9-43)50-34(54)52-29-18-23(36(40,41)42)17-28(32(29)56-26-8-12-47-20-26)51-31(53)5-1-2-11-49-33(45)46/h6-7,14-19,26,47-48H,1-5,8-13,20,43-44H2,(H,51,53)(H4,45,46,49)(H2,50,52,54)/t26-/m1/s1. The fraction of sp³-hybridized carbons (Fsp3) is 0.417. The fourth-order valence-electron chi connectivity index (χ4n) is 5.62. The highest BCUT2D eigenvalue weighted by molar-refractivity contribution is 6.03. The summed E-state index contributed by atoms with van der Waals surface area (Å²) in [4.78, 5) is 30.1. The number of benzene rings is 3. The van der Waals surface area contributed by atoms with Gasteiger partial charge in [-0.3, -0.25) is 9.79 Å². The number of urea groups is 1. The summed E-state index contributed by atoms with van der Waals surface area (Å²) in [6.07, 6.45) is -8.03. The summed E-state index contributed by atoms with van der Waals surface area (Å²) in [5, 5.41) is 13.4. The van der Waals surface area contributed by atoms with Crippen LogP contribution in [0.5, 0.6) is 17.2 Å². The molecule has 0 aliphatic carbocycles. The average Bonchev–Trinajstić information content (AvgIpc) is 3.64. The number of guanidine groups is 1. The topological polar surface area (TPSA) is 229 Å². The quantitative estimate of drug-likeness (QED) is 0.0338. The van der Waals surface area contributed by atoms with Gasteiger partial charge in [-0.15, -0.1) is 0 Å². The summed E-state index contributed by atoms with van der Waals surface area (Å²) in [5.41, 5.74) is 19.9. The number of nitrogens with zero attached hydrogens (tertiary/aromatic N) is 1. The molecule has 306 valence electrons. The molecule has 1 aliphatic rings. The molecule has 56 heavy (non-hydrogen) atoms. The van der Waals surface area contributed by atoms with E-state index in [2.05, 4.69) is 31.6 Å². The van der Waals surface area contributed by atoms with Crippen LogP contribution in [0.3, 0.4) is 0 Å². The van der Waals surface area contributed by atoms with Gasteiger partial charge < -0.3 is 59.0 Å². The lowest BCUT2D eigenvalue weighted by Crippen LogP contribution is -2.25. The molecule has 3 amide bonds. The minimum atomic E-state index is -4.87. The molecule has 0 unspecified atom stereocenters. The molecule has 1 heterocycles. The minimum Gasteiger partial charge on any atom is -0.485 e. The van der Waals surface area contributed by atoms with Crippen LogP contribution >= 0.6 is 0 Å². The molecule has 4 rings (SSSR count). The number of carbonyl (C=O) groups excluding carboxylic acids is 2. The molecular weight excluding hydrogens is 750 g/mol. The zero-order valence-corrected chi connectivity index (χ0v) is 30.3. The second kappa shape index (κ2) is 19.9. The molecule has 1 atom stereocenters. The Morgan fingerprint density at radius 2 is 1.55 bits per heavy atom. The van der Waals surface area contributed by atoms with Gasteiger partial charge in [0.15, 0.2) is 11.7 Å². The summed E-state index contributed by atoms with van der Waals surface area (Å²) < 4.78 is 95.5. The van der Waals surface area contributed by atoms with Gasteiger partial charge in [0.1, 0.15) is 17.6 Å². The highest BCUT2D eigenvalue weighted by Crippen LogP contribution is 2.42. The second-order valence-corrected chi connectivity index (χ2v) is 12.8. The zero-order chi connectivity index (χ0) is 40.9. The van der Waals surface area contributed by atoms with E-state index in [0.717, 1.165) is 18.2 Å². The number of aryl methyl sites for hydroxylation is 1. The number of nitrogens with one attached hydrogen (secondary N) is 5. The van der Waals surface area contributed by atoms with Crippen molar-refractivity contribution < 1.29 is 45.4 Å². The van der Waals surface area contributed by atoms with Crippen LogP contribution < -0.4 is 59.0 Å². The van der Waals surface area contributed by atoms with Crippen LogP contribution in [0.2, 0.25) is 0 Å². The number of aliphatic imine (C=N–C) groups is 1. The maximum absolute atomic E-state index is 14.1. The van der Waals surface area contributed by atoms with Crippen LogP contribution in [0.15, 0.2) is 53.5 Å². The Morgan fingerprint density at radius 3 is 2.20 bits per heavy atom. The summed E-state index contributed by atoms with van der Waals surface area (Å²) in [6.45, 7) is 1.88. The average molecular weight is 797 g/mol. The molecule has 0 saturated carbocycles. The van der Waals surface area contributed by atoms with Gasteiger partial charge in [-0.1, -0.05) is 0 Å². The number of nitrogens with two attached hydrogens (primary N) is 4. The van der Waals surface area contributed by atoms with E-state index < -0.39 is 41.5 Å². The lowest BCUT2D eigenvalue weighted by molar-refractivity contribution is -0.138. The van der Waals surface area contributed by atoms with E-state index in [9.17, 15) is 35.9 Å². The smallest absolute Gasteiger partial charge is 0.416 e. The number of amides is 3. The van der Waals surface area contributed by atoms with E-state index in [1.165, 1.54) is 24.3 Å². The summed E-state index contributed by atoms with van der Waals surface area (Å²) in [6, 6.07) is 8.02. The third kappa shape index (κ3) is 13.4. The Hall–Kier alpha value is -5.47. The van der Waals surface area contributed by atoms with E-state index in [1.807, 2.05) is 0 Å². The maximum Gasteiger partial charge on any atom is 0.416 e. The Kier molecular flexibility index (Phi) is 15.4. The Labute approximate surface area is 319 Å². The zero-order valence-electron chi connectivity index (χ0n) is 30.3. The van der Waals surface area contributed by atoms with Crippen LogP contribution in [0.1, 0.15) is 48.8 Å². The number of carbonyl (C=O) groups is 2. The molecule has 0 aromatic heterocycles. The number of unbranched alkanes of at least 4 members (excludes halogenated alkanes) is 1. The monoisotopic (exact) mass is 796 g/mol. The molecule has 14 nitrogen and oxygen atoms in total. The van der Waals surface area contributed by atoms with Crippen molar-refractivity contribution in [1.29, 1.82) is 0 Å². The number of halogens is 6. The molecule has 20 heteroatoms. The van der Waals surface area contributed by atoms with Gasteiger partial charge in [0, 0.05) is 50.0 Å². The van der Waals surface area contributed by atoms with Crippen molar-refractivity contribution in [2.24, 2.45) is 27.9 Å². The van der Waals surface area contributed by atoms with Gasteiger partial charge >= 0.3 is 18.4 Å². The highest BCUT2D eigenvalue weighted by Gasteiger charge is 2.34. The van der Waals surface area contributed by atoms with Crippen molar-refractivity contribution in [1.82, 2.24) is 5.32 Å². The minimum absolute atomic E-state index is 0.0593. The number of ether oxygens (including phenoxy) is 2. The van der Waals surface area contributed by atoms with Gasteiger partial charge in [-0.25, -0.2) is 4.79 Å². The van der Waals surface area contributed by atoms with Crippen molar-refractivity contribution in [3.05, 3.63) is 65.2 Å². The molecule has 1 aliphatic heterocycles. The number of hydrogen-bond donors (Lipinski definition) is 9. The van der Waals surface area contributed by atoms with Crippen LogP contribution in [0.4, 0.5) is 53.9 Å². The first-order chi connectivity index (χ1) is 26.5. The maximum atomic E-state index is 14.1. The molecule has 3 aromatic rings. The number of hydrogen-bond acceptors (Lipinski definition) is 9. The molecule has 3 aromatic carbocycles. The molecule has 0 bridgehead atoms. The molecule has 1 fully saturated rings. The van der Waals surface area contributed by atoms with Crippen LogP contribution in [0, 0.1) is 0 Å². The van der Waals surface area contributed by atoms with Crippen LogP contribution in [0.25, 0.3) is 0 Å². The second-order valence-electron chi connectivity index (χ2n) is 12.8. The lowest BCUT2D eigenvalue weighted by atomic mass is 10.1. The van der Waals surface area contributed by atoms with Crippen LogP contribution in [-0.2, 0) is 23.6 Å². The van der Waals surface area contributed by atoms with Gasteiger partial charge in [0.2, 0.25) is 5.91 Å². The largest absolute Gasteiger partial charge is 0.485 e. The third-order valence-electron chi connectivity index (χ3n) is 8.25. The third-order valence-corrected chi connectivity index (χ3v) is 8.25.